The summed E-state index contributed by atoms with van der Waals surface area (Å²) >= 11 is 0. The number of β-amino-alcohol motifs (C(OH)–C–C–N with tert-alkyl or cyclic N) is 1. The fourth-order valence-electron chi connectivity index (χ4n) is 2.53. The van der Waals surface area contributed by atoms with Gasteiger partial charge in [0, 0.05) is 6.08 Å². The van der Waals surface area contributed by atoms with Crippen LogP contribution in [0.1, 0.15) is 18.4 Å². The summed E-state index contributed by atoms with van der Waals surface area (Å²) in [6.07, 6.45) is 5.16. The molecule has 1 N–H and O–H groups in total. The molecule has 100 valence electrons. The van der Waals surface area contributed by atoms with E-state index in [1.165, 1.54) is 18.2 Å². The number of likely N-dealkylation sites (tertiary alicyclic amines) is 1. The normalized spacial score (nSPS) is 21.5. The molecule has 3 rings (SSSR count). The van der Waals surface area contributed by atoms with Gasteiger partial charge < -0.3 is 10.0 Å². The van der Waals surface area contributed by atoms with E-state index in [-0.39, 0.29) is 11.7 Å². The molecular formula is C15H16FNO2. The second kappa shape index (κ2) is 4.46. The van der Waals surface area contributed by atoms with Crippen molar-refractivity contribution in [3.8, 4) is 0 Å². The largest absolute Gasteiger partial charge is 0.386 e. The Labute approximate surface area is 111 Å². The van der Waals surface area contributed by atoms with E-state index >= 15 is 0 Å². The highest BCUT2D eigenvalue weighted by molar-refractivity contribution is 5.92. The quantitative estimate of drug-likeness (QED) is 0.843. The Morgan fingerprint density at radius 3 is 2.79 bits per heavy atom. The van der Waals surface area contributed by atoms with Crippen LogP contribution >= 0.6 is 0 Å². The fourth-order valence-corrected chi connectivity index (χ4v) is 2.53. The summed E-state index contributed by atoms with van der Waals surface area (Å²) in [5.41, 5.74) is 0.00820. The first kappa shape index (κ1) is 12.4. The smallest absolute Gasteiger partial charge is 0.246 e. The van der Waals surface area contributed by atoms with Crippen LogP contribution in [0.4, 0.5) is 4.39 Å². The molecular weight excluding hydrogens is 245 g/mol. The molecule has 19 heavy (non-hydrogen) atoms. The van der Waals surface area contributed by atoms with E-state index in [9.17, 15) is 14.3 Å². The lowest BCUT2D eigenvalue weighted by Gasteiger charge is -2.46. The maximum absolute atomic E-state index is 13.0. The summed E-state index contributed by atoms with van der Waals surface area (Å²) in [4.78, 5) is 13.5. The van der Waals surface area contributed by atoms with Crippen LogP contribution in [0.2, 0.25) is 0 Å². The lowest BCUT2D eigenvalue weighted by atomic mass is 9.88. The Balaban J connectivity index is 1.57. The minimum absolute atomic E-state index is 0.130. The molecule has 1 saturated carbocycles. The predicted octanol–water partition coefficient (Wildman–Crippen LogP) is 1.82. The lowest BCUT2D eigenvalue weighted by molar-refractivity contribution is -0.154. The van der Waals surface area contributed by atoms with Crippen molar-refractivity contribution in [1.29, 1.82) is 0 Å². The van der Waals surface area contributed by atoms with Gasteiger partial charge in [-0.25, -0.2) is 4.39 Å². The van der Waals surface area contributed by atoms with Gasteiger partial charge in [-0.2, -0.15) is 0 Å². The first-order valence-electron chi connectivity index (χ1n) is 6.52. The zero-order valence-electron chi connectivity index (χ0n) is 10.6. The molecule has 1 heterocycles. The standard InChI is InChI=1S/C15H16FNO2/c16-13-3-1-2-11(8-13)4-7-14(18)17-9-15(19,10-17)12-5-6-12/h1-4,7-8,12,19H,5-6,9-10H2. The van der Waals surface area contributed by atoms with Crippen molar-refractivity contribution in [2.45, 2.75) is 18.4 Å². The lowest BCUT2D eigenvalue weighted by Crippen LogP contribution is -2.64. The number of nitrogens with zero attached hydrogens (tertiary/aromatic N) is 1. The van der Waals surface area contributed by atoms with Crippen LogP contribution in [0.15, 0.2) is 30.3 Å². The second-order valence-electron chi connectivity index (χ2n) is 5.46. The second-order valence-corrected chi connectivity index (χ2v) is 5.46. The van der Waals surface area contributed by atoms with E-state index in [2.05, 4.69) is 0 Å². The number of aliphatic hydroxyl groups is 1. The van der Waals surface area contributed by atoms with Crippen molar-refractivity contribution in [1.82, 2.24) is 4.90 Å². The predicted molar refractivity (Wildman–Crippen MR) is 69.7 cm³/mol. The van der Waals surface area contributed by atoms with Gasteiger partial charge in [-0.05, 0) is 42.5 Å². The zero-order chi connectivity index (χ0) is 13.5. The highest BCUT2D eigenvalue weighted by Crippen LogP contribution is 2.44. The number of benzene rings is 1. The third kappa shape index (κ3) is 2.54. The monoisotopic (exact) mass is 261 g/mol. The van der Waals surface area contributed by atoms with Crippen molar-refractivity contribution in [2.75, 3.05) is 13.1 Å². The van der Waals surface area contributed by atoms with Gasteiger partial charge in [-0.3, -0.25) is 4.79 Å². The van der Waals surface area contributed by atoms with Crippen LogP contribution in [0.25, 0.3) is 6.08 Å². The average Bonchev–Trinajstić information content (AvgIpc) is 3.16. The number of hydrogen-bond acceptors (Lipinski definition) is 2. The van der Waals surface area contributed by atoms with Crippen LogP contribution in [-0.2, 0) is 4.79 Å². The van der Waals surface area contributed by atoms with Crippen LogP contribution in [0.5, 0.6) is 0 Å². The number of amides is 1. The third-order valence-electron chi connectivity index (χ3n) is 3.85. The van der Waals surface area contributed by atoms with E-state index < -0.39 is 5.60 Å². The molecule has 0 bridgehead atoms. The number of hydrogen-bond donors (Lipinski definition) is 1. The molecule has 2 aliphatic rings. The molecule has 2 fully saturated rings. The number of halogens is 1. The minimum Gasteiger partial charge on any atom is -0.386 e. The molecule has 1 amide bonds. The van der Waals surface area contributed by atoms with Crippen molar-refractivity contribution in [3.05, 3.63) is 41.7 Å². The summed E-state index contributed by atoms with van der Waals surface area (Å²) in [5.74, 6) is -0.0695. The Bertz CT molecular complexity index is 531. The molecule has 1 aliphatic heterocycles. The molecule has 1 aliphatic carbocycles. The molecule has 0 radical (unpaired) electrons. The molecule has 4 heteroatoms. The number of rotatable bonds is 3. The zero-order valence-corrected chi connectivity index (χ0v) is 10.6. The van der Waals surface area contributed by atoms with E-state index in [1.807, 2.05) is 0 Å². The van der Waals surface area contributed by atoms with E-state index in [0.717, 1.165) is 12.8 Å². The summed E-state index contributed by atoms with van der Waals surface area (Å²) in [6.45, 7) is 0.841. The van der Waals surface area contributed by atoms with E-state index in [4.69, 9.17) is 0 Å². The number of carbonyl (C=O) groups excluding carboxylic acids is 1. The van der Waals surface area contributed by atoms with Gasteiger partial charge in [-0.15, -0.1) is 0 Å². The first-order chi connectivity index (χ1) is 9.07. The van der Waals surface area contributed by atoms with Gasteiger partial charge in [0.2, 0.25) is 5.91 Å². The van der Waals surface area contributed by atoms with Crippen LogP contribution < -0.4 is 0 Å². The third-order valence-corrected chi connectivity index (χ3v) is 3.85. The number of carbonyl (C=O) groups is 1. The van der Waals surface area contributed by atoms with Crippen LogP contribution in [0, 0.1) is 11.7 Å². The van der Waals surface area contributed by atoms with Crippen molar-refractivity contribution in [3.63, 3.8) is 0 Å². The Kier molecular flexibility index (Phi) is 2.90. The first-order valence-corrected chi connectivity index (χ1v) is 6.52. The molecule has 1 saturated heterocycles. The average molecular weight is 261 g/mol. The highest BCUT2D eigenvalue weighted by atomic mass is 19.1. The van der Waals surface area contributed by atoms with Crippen molar-refractivity contribution >= 4 is 12.0 Å². The molecule has 1 aromatic carbocycles. The van der Waals surface area contributed by atoms with Gasteiger partial charge >= 0.3 is 0 Å². The maximum Gasteiger partial charge on any atom is 0.246 e. The molecule has 0 aromatic heterocycles. The van der Waals surface area contributed by atoms with Gasteiger partial charge in [-0.1, -0.05) is 12.1 Å². The van der Waals surface area contributed by atoms with Crippen LogP contribution in [0.3, 0.4) is 0 Å². The summed E-state index contributed by atoms with van der Waals surface area (Å²) < 4.78 is 13.0. The Morgan fingerprint density at radius 1 is 1.42 bits per heavy atom. The summed E-state index contributed by atoms with van der Waals surface area (Å²) in [5, 5.41) is 10.1. The molecule has 1 aromatic rings. The maximum atomic E-state index is 13.0. The highest BCUT2D eigenvalue weighted by Gasteiger charge is 2.52. The molecule has 3 nitrogen and oxygen atoms in total. The Morgan fingerprint density at radius 2 is 2.16 bits per heavy atom. The van der Waals surface area contributed by atoms with Gasteiger partial charge in [0.1, 0.15) is 11.4 Å². The molecule has 0 unspecified atom stereocenters. The van der Waals surface area contributed by atoms with Crippen molar-refractivity contribution < 1.29 is 14.3 Å². The summed E-state index contributed by atoms with van der Waals surface area (Å²) in [6, 6.07) is 6.09. The van der Waals surface area contributed by atoms with Gasteiger partial charge in [0.05, 0.1) is 13.1 Å². The van der Waals surface area contributed by atoms with Gasteiger partial charge in [0.15, 0.2) is 0 Å². The summed E-state index contributed by atoms with van der Waals surface area (Å²) in [7, 11) is 0. The van der Waals surface area contributed by atoms with E-state index in [0.29, 0.717) is 24.6 Å². The Hall–Kier alpha value is -1.68. The fraction of sp³-hybridized carbons (Fsp3) is 0.400. The van der Waals surface area contributed by atoms with Crippen molar-refractivity contribution in [2.24, 2.45) is 5.92 Å². The van der Waals surface area contributed by atoms with Gasteiger partial charge in [0.25, 0.3) is 0 Å². The molecule has 0 atom stereocenters. The van der Waals surface area contributed by atoms with Crippen LogP contribution in [-0.4, -0.2) is 34.6 Å². The topological polar surface area (TPSA) is 40.5 Å². The van der Waals surface area contributed by atoms with E-state index in [1.54, 1.807) is 23.1 Å². The minimum atomic E-state index is -0.650. The molecule has 0 spiro atoms. The SMILES string of the molecule is O=C(C=Cc1cccc(F)c1)N1CC(O)(C2CC2)C1.